The highest BCUT2D eigenvalue weighted by atomic mass is 16.6. The van der Waals surface area contributed by atoms with Crippen LogP contribution in [0.5, 0.6) is 0 Å². The molecule has 0 spiro atoms. The van der Waals surface area contributed by atoms with E-state index in [0.29, 0.717) is 17.8 Å². The topological polar surface area (TPSA) is 103 Å². The number of piperazine rings is 1. The first-order chi connectivity index (χ1) is 17.0. The van der Waals surface area contributed by atoms with Crippen LogP contribution >= 0.6 is 0 Å². The summed E-state index contributed by atoms with van der Waals surface area (Å²) in [6, 6.07) is 10.6. The molecule has 9 heteroatoms. The minimum Gasteiger partial charge on any atom is -0.447 e. The Morgan fingerprint density at radius 1 is 1.14 bits per heavy atom. The zero-order valence-corrected chi connectivity index (χ0v) is 20.6. The van der Waals surface area contributed by atoms with Crippen molar-refractivity contribution < 1.29 is 14.6 Å². The molecule has 1 aromatic carbocycles. The highest BCUT2D eigenvalue weighted by molar-refractivity contribution is 5.89. The van der Waals surface area contributed by atoms with E-state index in [1.807, 2.05) is 0 Å². The second-order valence-electron chi connectivity index (χ2n) is 10.0. The lowest BCUT2D eigenvalue weighted by Gasteiger charge is -2.35. The Bertz CT molecular complexity index is 1010. The fourth-order valence-electron chi connectivity index (χ4n) is 5.05. The number of rotatable bonds is 9. The Hall–Kier alpha value is -2.75. The normalized spacial score (nSPS) is 23.6. The number of ether oxygens (including phenoxy) is 1. The fraction of sp³-hybridized carbons (Fsp3) is 0.577. The van der Waals surface area contributed by atoms with Crippen molar-refractivity contribution in [3.63, 3.8) is 0 Å². The van der Waals surface area contributed by atoms with Crippen LogP contribution in [0, 0.1) is 5.92 Å². The van der Waals surface area contributed by atoms with Crippen molar-refractivity contribution >= 4 is 17.9 Å². The number of aliphatic hydroxyl groups is 1. The summed E-state index contributed by atoms with van der Waals surface area (Å²) in [5.41, 5.74) is 2.54. The summed E-state index contributed by atoms with van der Waals surface area (Å²) in [7, 11) is 0. The number of hydrogen-bond acceptors (Lipinski definition) is 8. The van der Waals surface area contributed by atoms with Gasteiger partial charge in [-0.05, 0) is 43.4 Å². The minimum absolute atomic E-state index is 0.0153. The van der Waals surface area contributed by atoms with Gasteiger partial charge in [0.1, 0.15) is 18.5 Å². The maximum atomic E-state index is 12.2. The van der Waals surface area contributed by atoms with Gasteiger partial charge in [-0.15, -0.1) is 0 Å². The fourth-order valence-corrected chi connectivity index (χ4v) is 5.05. The summed E-state index contributed by atoms with van der Waals surface area (Å²) in [5.74, 6) is 1.72. The summed E-state index contributed by atoms with van der Waals surface area (Å²) in [4.78, 5) is 25.1. The van der Waals surface area contributed by atoms with Gasteiger partial charge in [-0.1, -0.05) is 37.1 Å². The van der Waals surface area contributed by atoms with E-state index in [9.17, 15) is 9.90 Å². The molecule has 5 rings (SSSR count). The van der Waals surface area contributed by atoms with Crippen molar-refractivity contribution in [1.82, 2.24) is 20.2 Å². The number of anilines is 2. The predicted octanol–water partition coefficient (Wildman–Crippen LogP) is 3.10. The molecule has 35 heavy (non-hydrogen) atoms. The maximum Gasteiger partial charge on any atom is 0.416 e. The highest BCUT2D eigenvalue weighted by Gasteiger charge is 2.38. The van der Waals surface area contributed by atoms with Crippen LogP contribution in [0.4, 0.5) is 16.6 Å². The molecule has 1 saturated carbocycles. The van der Waals surface area contributed by atoms with Gasteiger partial charge in [0.05, 0.1) is 12.1 Å². The second kappa shape index (κ2) is 10.5. The molecule has 3 heterocycles. The number of nitrogens with one attached hydrogen (secondary N) is 2. The van der Waals surface area contributed by atoms with Gasteiger partial charge in [-0.25, -0.2) is 9.78 Å². The molecule has 1 unspecified atom stereocenters. The third-order valence-electron chi connectivity index (χ3n) is 7.36. The van der Waals surface area contributed by atoms with Crippen LogP contribution in [-0.2, 0) is 4.74 Å². The summed E-state index contributed by atoms with van der Waals surface area (Å²) >= 11 is 0. The molecule has 3 N–H and O–H groups in total. The number of benzene rings is 1. The number of carbonyl (C=O) groups is 1. The molecule has 2 saturated heterocycles. The van der Waals surface area contributed by atoms with E-state index in [-0.39, 0.29) is 12.6 Å². The molecule has 9 nitrogen and oxygen atoms in total. The van der Waals surface area contributed by atoms with Crippen LogP contribution in [-0.4, -0.2) is 71.0 Å². The molecule has 0 radical (unpaired) electrons. The van der Waals surface area contributed by atoms with Crippen molar-refractivity contribution in [2.75, 3.05) is 43.0 Å². The van der Waals surface area contributed by atoms with Gasteiger partial charge in [0.25, 0.3) is 0 Å². The average Bonchev–Trinajstić information content (AvgIpc) is 3.61. The first-order valence-electron chi connectivity index (χ1n) is 12.8. The van der Waals surface area contributed by atoms with E-state index in [2.05, 4.69) is 56.7 Å². The lowest BCUT2D eigenvalue weighted by molar-refractivity contribution is 0.142. The first kappa shape index (κ1) is 24.0. The maximum absolute atomic E-state index is 12.2. The Kier molecular flexibility index (Phi) is 7.17. The SMILES string of the molecule is C[C@H](Nc1nccc(N2C(=O)OC[C@@H]2[C@@H](C)O)n1)c1ccc(C(CC2CC2)N2CCNCC2)cc1. The van der Waals surface area contributed by atoms with E-state index >= 15 is 0 Å². The number of hydrogen-bond donors (Lipinski definition) is 3. The lowest BCUT2D eigenvalue weighted by atomic mass is 9.96. The third kappa shape index (κ3) is 5.58. The molecule has 1 aliphatic carbocycles. The van der Waals surface area contributed by atoms with E-state index in [4.69, 9.17) is 4.74 Å². The molecular weight excluding hydrogens is 444 g/mol. The van der Waals surface area contributed by atoms with Crippen molar-refractivity contribution in [1.29, 1.82) is 0 Å². The van der Waals surface area contributed by atoms with Gasteiger partial charge >= 0.3 is 6.09 Å². The number of aromatic nitrogens is 2. The van der Waals surface area contributed by atoms with Crippen molar-refractivity contribution in [3.05, 3.63) is 47.7 Å². The standard InChI is InChI=1S/C26H36N6O3/c1-17(29-25-28-10-9-24(30-25)32-23(18(2)33)16-35-26(32)34)20-5-7-21(8-6-20)22(15-19-3-4-19)31-13-11-27-12-14-31/h5-10,17-19,22-23,27,33H,3-4,11-16H2,1-2H3,(H,28,29,30)/t17-,18+,22?,23+/m0/s1. The van der Waals surface area contributed by atoms with Crippen molar-refractivity contribution in [3.8, 4) is 0 Å². The number of carbonyl (C=O) groups excluding carboxylic acids is 1. The van der Waals surface area contributed by atoms with E-state index in [1.54, 1.807) is 19.2 Å². The van der Waals surface area contributed by atoms with Gasteiger partial charge in [0.15, 0.2) is 0 Å². The average molecular weight is 481 g/mol. The Labute approximate surface area is 206 Å². The van der Waals surface area contributed by atoms with Gasteiger partial charge in [-0.2, -0.15) is 4.98 Å². The molecule has 1 amide bonds. The van der Waals surface area contributed by atoms with E-state index in [1.165, 1.54) is 29.7 Å². The monoisotopic (exact) mass is 480 g/mol. The minimum atomic E-state index is -0.727. The van der Waals surface area contributed by atoms with Crippen LogP contribution < -0.4 is 15.5 Å². The molecular formula is C26H36N6O3. The van der Waals surface area contributed by atoms with Crippen LogP contribution in [0.1, 0.15) is 56.3 Å². The smallest absolute Gasteiger partial charge is 0.416 e. The lowest BCUT2D eigenvalue weighted by Crippen LogP contribution is -2.45. The molecule has 2 aliphatic heterocycles. The molecule has 3 fully saturated rings. The molecule has 1 aromatic heterocycles. The summed E-state index contributed by atoms with van der Waals surface area (Å²) < 4.78 is 5.13. The zero-order chi connectivity index (χ0) is 24.4. The summed E-state index contributed by atoms with van der Waals surface area (Å²) in [6.07, 6.45) is 4.37. The van der Waals surface area contributed by atoms with Crippen molar-refractivity contribution in [2.45, 2.75) is 57.3 Å². The molecule has 4 atom stereocenters. The Balaban J connectivity index is 1.27. The highest BCUT2D eigenvalue weighted by Crippen LogP contribution is 2.40. The van der Waals surface area contributed by atoms with Crippen molar-refractivity contribution in [2.24, 2.45) is 5.92 Å². The van der Waals surface area contributed by atoms with Gasteiger partial charge in [-0.3, -0.25) is 9.80 Å². The second-order valence-corrected chi connectivity index (χ2v) is 10.0. The number of nitrogens with zero attached hydrogens (tertiary/aromatic N) is 4. The predicted molar refractivity (Wildman–Crippen MR) is 134 cm³/mol. The van der Waals surface area contributed by atoms with Crippen LogP contribution in [0.15, 0.2) is 36.5 Å². The van der Waals surface area contributed by atoms with Crippen LogP contribution in [0.2, 0.25) is 0 Å². The van der Waals surface area contributed by atoms with E-state index in [0.717, 1.165) is 37.7 Å². The third-order valence-corrected chi connectivity index (χ3v) is 7.36. The summed E-state index contributed by atoms with van der Waals surface area (Å²) in [5, 5.41) is 16.8. The van der Waals surface area contributed by atoms with E-state index < -0.39 is 18.2 Å². The first-order valence-corrected chi connectivity index (χ1v) is 12.8. The van der Waals surface area contributed by atoms with Crippen LogP contribution in [0.25, 0.3) is 0 Å². The Morgan fingerprint density at radius 3 is 2.54 bits per heavy atom. The van der Waals surface area contributed by atoms with Gasteiger partial charge < -0.3 is 20.5 Å². The molecule has 2 aromatic rings. The zero-order valence-electron chi connectivity index (χ0n) is 20.6. The summed E-state index contributed by atoms with van der Waals surface area (Å²) in [6.45, 7) is 8.19. The number of aliphatic hydroxyl groups excluding tert-OH is 1. The van der Waals surface area contributed by atoms with Crippen LogP contribution in [0.3, 0.4) is 0 Å². The quantitative estimate of drug-likeness (QED) is 0.503. The Morgan fingerprint density at radius 2 is 1.86 bits per heavy atom. The number of cyclic esters (lactones) is 1. The molecule has 3 aliphatic rings. The van der Waals surface area contributed by atoms with Gasteiger partial charge in [0, 0.05) is 38.4 Å². The molecule has 188 valence electrons. The number of amides is 1. The largest absolute Gasteiger partial charge is 0.447 e. The molecule has 0 bridgehead atoms. The van der Waals surface area contributed by atoms with Gasteiger partial charge in [0.2, 0.25) is 5.95 Å².